The zero-order valence-corrected chi connectivity index (χ0v) is 10.1. The smallest absolute Gasteiger partial charge is 0.335 e. The van der Waals surface area contributed by atoms with Crippen LogP contribution in [0.15, 0.2) is 18.2 Å². The molecule has 1 aliphatic rings. The molecule has 1 atom stereocenters. The number of likely N-dealkylation sites (N-methyl/N-ethyl adjacent to an activating group) is 1. The molecule has 1 saturated heterocycles. The first-order valence-corrected chi connectivity index (χ1v) is 5.92. The molecule has 0 radical (unpaired) electrons. The SMILES string of the molecule is CN1CCC(n2nnc3cc(C(=O)O)ccc32)C1. The maximum atomic E-state index is 10.9. The molecule has 2 aromatic rings. The molecule has 0 bridgehead atoms. The van der Waals surface area contributed by atoms with E-state index in [0.29, 0.717) is 11.6 Å². The Morgan fingerprint density at radius 2 is 2.33 bits per heavy atom. The number of carbonyl (C=O) groups is 1. The molecule has 1 aliphatic heterocycles. The fourth-order valence-electron chi connectivity index (χ4n) is 2.46. The van der Waals surface area contributed by atoms with E-state index in [4.69, 9.17) is 5.11 Å². The summed E-state index contributed by atoms with van der Waals surface area (Å²) in [5.74, 6) is -0.938. The van der Waals surface area contributed by atoms with Gasteiger partial charge < -0.3 is 10.0 Å². The molecule has 0 spiro atoms. The van der Waals surface area contributed by atoms with Crippen molar-refractivity contribution in [2.24, 2.45) is 0 Å². The number of likely N-dealkylation sites (tertiary alicyclic amines) is 1. The van der Waals surface area contributed by atoms with Crippen molar-refractivity contribution in [3.8, 4) is 0 Å². The van der Waals surface area contributed by atoms with Crippen LogP contribution in [0.5, 0.6) is 0 Å². The fraction of sp³-hybridized carbons (Fsp3) is 0.417. The van der Waals surface area contributed by atoms with Crippen molar-refractivity contribution in [3.63, 3.8) is 0 Å². The van der Waals surface area contributed by atoms with Gasteiger partial charge >= 0.3 is 5.97 Å². The topological polar surface area (TPSA) is 71.2 Å². The molecule has 1 N–H and O–H groups in total. The van der Waals surface area contributed by atoms with E-state index in [9.17, 15) is 4.79 Å². The third kappa shape index (κ3) is 1.74. The van der Waals surface area contributed by atoms with E-state index < -0.39 is 5.97 Å². The van der Waals surface area contributed by atoms with Crippen molar-refractivity contribution < 1.29 is 9.90 Å². The number of aromatic carboxylic acids is 1. The van der Waals surface area contributed by atoms with Gasteiger partial charge in [-0.3, -0.25) is 0 Å². The summed E-state index contributed by atoms with van der Waals surface area (Å²) >= 11 is 0. The van der Waals surface area contributed by atoms with Crippen LogP contribution in [0.1, 0.15) is 22.8 Å². The Kier molecular flexibility index (Phi) is 2.52. The van der Waals surface area contributed by atoms with Crippen LogP contribution in [-0.2, 0) is 0 Å². The van der Waals surface area contributed by atoms with Gasteiger partial charge in [0.15, 0.2) is 0 Å². The maximum Gasteiger partial charge on any atom is 0.335 e. The number of aromatic nitrogens is 3. The molecule has 6 nitrogen and oxygen atoms in total. The largest absolute Gasteiger partial charge is 0.478 e. The standard InChI is InChI=1S/C12H14N4O2/c1-15-5-4-9(7-15)16-11-3-2-8(12(17)18)6-10(11)13-14-16/h2-3,6,9H,4-5,7H2,1H3,(H,17,18). The highest BCUT2D eigenvalue weighted by Crippen LogP contribution is 2.24. The van der Waals surface area contributed by atoms with Gasteiger partial charge in [0.1, 0.15) is 5.52 Å². The van der Waals surface area contributed by atoms with Crippen LogP contribution in [0.4, 0.5) is 0 Å². The lowest BCUT2D eigenvalue weighted by molar-refractivity contribution is 0.0697. The summed E-state index contributed by atoms with van der Waals surface area (Å²) < 4.78 is 1.91. The predicted molar refractivity (Wildman–Crippen MR) is 65.6 cm³/mol. The second kappa shape index (κ2) is 4.06. The molecule has 1 aromatic carbocycles. The molecule has 0 amide bonds. The normalized spacial score (nSPS) is 20.6. The van der Waals surface area contributed by atoms with Crippen molar-refractivity contribution in [3.05, 3.63) is 23.8 Å². The van der Waals surface area contributed by atoms with Crippen LogP contribution in [0.25, 0.3) is 11.0 Å². The van der Waals surface area contributed by atoms with E-state index in [1.165, 1.54) is 0 Å². The summed E-state index contributed by atoms with van der Waals surface area (Å²) in [6.07, 6.45) is 1.05. The maximum absolute atomic E-state index is 10.9. The minimum Gasteiger partial charge on any atom is -0.478 e. The van der Waals surface area contributed by atoms with Crippen molar-refractivity contribution in [2.45, 2.75) is 12.5 Å². The average molecular weight is 246 g/mol. The summed E-state index contributed by atoms with van der Waals surface area (Å²) in [6.45, 7) is 2.01. The molecular weight excluding hydrogens is 232 g/mol. The summed E-state index contributed by atoms with van der Waals surface area (Å²) in [5.41, 5.74) is 1.79. The van der Waals surface area contributed by atoms with Gasteiger partial charge in [-0.15, -0.1) is 5.10 Å². The highest BCUT2D eigenvalue weighted by atomic mass is 16.4. The van der Waals surface area contributed by atoms with Crippen molar-refractivity contribution in [1.29, 1.82) is 0 Å². The lowest BCUT2D eigenvalue weighted by Crippen LogP contribution is -2.17. The first-order valence-electron chi connectivity index (χ1n) is 5.92. The Bertz CT molecular complexity index is 607. The van der Waals surface area contributed by atoms with Crippen LogP contribution in [0.2, 0.25) is 0 Å². The van der Waals surface area contributed by atoms with Crippen LogP contribution in [0, 0.1) is 0 Å². The molecule has 2 heterocycles. The minimum atomic E-state index is -0.938. The number of carboxylic acid groups (broad SMARTS) is 1. The van der Waals surface area contributed by atoms with E-state index >= 15 is 0 Å². The minimum absolute atomic E-state index is 0.248. The lowest BCUT2D eigenvalue weighted by Gasteiger charge is -2.11. The number of hydrogen-bond donors (Lipinski definition) is 1. The quantitative estimate of drug-likeness (QED) is 0.856. The van der Waals surface area contributed by atoms with E-state index in [1.807, 2.05) is 4.68 Å². The van der Waals surface area contributed by atoms with Crippen LogP contribution < -0.4 is 0 Å². The Morgan fingerprint density at radius 3 is 3.00 bits per heavy atom. The van der Waals surface area contributed by atoms with Gasteiger partial charge in [0.05, 0.1) is 17.1 Å². The molecule has 94 valence electrons. The van der Waals surface area contributed by atoms with Crippen molar-refractivity contribution in [2.75, 3.05) is 20.1 Å². The van der Waals surface area contributed by atoms with E-state index in [1.54, 1.807) is 18.2 Å². The van der Waals surface area contributed by atoms with E-state index in [2.05, 4.69) is 22.3 Å². The summed E-state index contributed by atoms with van der Waals surface area (Å²) in [6, 6.07) is 5.29. The first-order chi connectivity index (χ1) is 8.65. The van der Waals surface area contributed by atoms with Crippen molar-refractivity contribution in [1.82, 2.24) is 19.9 Å². The van der Waals surface area contributed by atoms with Gasteiger partial charge in [0.2, 0.25) is 0 Å². The van der Waals surface area contributed by atoms with Gasteiger partial charge in [0, 0.05) is 13.1 Å². The first kappa shape index (κ1) is 11.2. The molecule has 1 aromatic heterocycles. The lowest BCUT2D eigenvalue weighted by atomic mass is 10.2. The number of fused-ring (bicyclic) bond motifs is 1. The zero-order chi connectivity index (χ0) is 12.7. The van der Waals surface area contributed by atoms with E-state index in [-0.39, 0.29) is 5.56 Å². The molecule has 6 heteroatoms. The number of carboxylic acids is 1. The number of hydrogen-bond acceptors (Lipinski definition) is 4. The van der Waals surface area contributed by atoms with Gasteiger partial charge in [-0.2, -0.15) is 0 Å². The van der Waals surface area contributed by atoms with Gasteiger partial charge in [-0.1, -0.05) is 5.21 Å². The van der Waals surface area contributed by atoms with E-state index in [0.717, 1.165) is 25.0 Å². The van der Waals surface area contributed by atoms with Crippen LogP contribution in [0.3, 0.4) is 0 Å². The van der Waals surface area contributed by atoms with Crippen LogP contribution >= 0.6 is 0 Å². The predicted octanol–water partition coefficient (Wildman–Crippen LogP) is 1.01. The summed E-state index contributed by atoms with van der Waals surface area (Å²) in [5, 5.41) is 17.2. The Labute approximate surface area is 104 Å². The van der Waals surface area contributed by atoms with Gasteiger partial charge in [-0.25, -0.2) is 9.48 Å². The molecule has 18 heavy (non-hydrogen) atoms. The highest BCUT2D eigenvalue weighted by molar-refractivity contribution is 5.92. The Hall–Kier alpha value is -1.95. The average Bonchev–Trinajstić information content (AvgIpc) is 2.93. The summed E-state index contributed by atoms with van der Waals surface area (Å²) in [4.78, 5) is 13.1. The molecule has 0 aliphatic carbocycles. The molecular formula is C12H14N4O2. The number of nitrogens with zero attached hydrogens (tertiary/aromatic N) is 4. The zero-order valence-electron chi connectivity index (χ0n) is 10.1. The second-order valence-corrected chi connectivity index (χ2v) is 4.75. The third-order valence-corrected chi connectivity index (χ3v) is 3.43. The van der Waals surface area contributed by atoms with Gasteiger partial charge in [0.25, 0.3) is 0 Å². The molecule has 1 fully saturated rings. The summed E-state index contributed by atoms with van der Waals surface area (Å²) in [7, 11) is 2.08. The Morgan fingerprint density at radius 1 is 1.50 bits per heavy atom. The monoisotopic (exact) mass is 246 g/mol. The van der Waals surface area contributed by atoms with Crippen LogP contribution in [-0.4, -0.2) is 51.1 Å². The second-order valence-electron chi connectivity index (χ2n) is 4.75. The molecule has 0 saturated carbocycles. The highest BCUT2D eigenvalue weighted by Gasteiger charge is 2.23. The van der Waals surface area contributed by atoms with Crippen molar-refractivity contribution >= 4 is 17.0 Å². The Balaban J connectivity index is 2.02. The fourth-order valence-corrected chi connectivity index (χ4v) is 2.46. The third-order valence-electron chi connectivity index (χ3n) is 3.43. The molecule has 1 unspecified atom stereocenters. The number of rotatable bonds is 2. The molecule has 3 rings (SSSR count). The number of benzene rings is 1. The van der Waals surface area contributed by atoms with Gasteiger partial charge in [-0.05, 0) is 31.7 Å².